The number of piperazine rings is 1. The molecule has 2 amide bonds. The van der Waals surface area contributed by atoms with Crippen LogP contribution in [0, 0.1) is 0 Å². The van der Waals surface area contributed by atoms with Gasteiger partial charge in [0, 0.05) is 44.7 Å². The SMILES string of the molecule is C/C=C\Cn1c(C(=O)N2CCN(C(=O)COC)[C@@H](C)C2)cc2ccsc21. The second-order valence-electron chi connectivity index (χ2n) is 6.51. The van der Waals surface area contributed by atoms with Crippen LogP contribution in [0.3, 0.4) is 0 Å². The molecule has 26 heavy (non-hydrogen) atoms. The van der Waals surface area contributed by atoms with Crippen molar-refractivity contribution in [2.45, 2.75) is 26.4 Å². The summed E-state index contributed by atoms with van der Waals surface area (Å²) in [6.45, 7) is 6.35. The first-order valence-electron chi connectivity index (χ1n) is 8.82. The number of carbonyl (C=O) groups is 2. The Bertz CT molecular complexity index is 823. The van der Waals surface area contributed by atoms with E-state index in [0.717, 1.165) is 10.2 Å². The summed E-state index contributed by atoms with van der Waals surface area (Å²) in [6, 6.07) is 4.01. The first kappa shape index (κ1) is 18.7. The first-order chi connectivity index (χ1) is 12.6. The molecule has 140 valence electrons. The molecule has 0 aromatic carbocycles. The number of hydrogen-bond donors (Lipinski definition) is 0. The molecule has 0 spiro atoms. The van der Waals surface area contributed by atoms with Crippen molar-refractivity contribution in [3.8, 4) is 0 Å². The number of rotatable bonds is 5. The van der Waals surface area contributed by atoms with Crippen molar-refractivity contribution in [3.05, 3.63) is 35.4 Å². The number of thiophene rings is 1. The van der Waals surface area contributed by atoms with Crippen LogP contribution in [-0.4, -0.2) is 65.6 Å². The standard InChI is InChI=1S/C19H25N3O3S/c1-4-5-7-22-16(11-15-6-10-26-19(15)22)18(24)20-8-9-21(14(2)12-20)17(23)13-25-3/h4-6,10-11,14H,7-9,12-13H2,1-3H3/b5-4-/t14-/m0/s1. The summed E-state index contributed by atoms with van der Waals surface area (Å²) in [7, 11) is 1.52. The van der Waals surface area contributed by atoms with Crippen LogP contribution < -0.4 is 0 Å². The van der Waals surface area contributed by atoms with Crippen molar-refractivity contribution < 1.29 is 14.3 Å². The van der Waals surface area contributed by atoms with Crippen LogP contribution in [0.5, 0.6) is 0 Å². The van der Waals surface area contributed by atoms with E-state index < -0.39 is 0 Å². The Hall–Kier alpha value is -2.12. The zero-order chi connectivity index (χ0) is 18.7. The summed E-state index contributed by atoms with van der Waals surface area (Å²) < 4.78 is 7.03. The van der Waals surface area contributed by atoms with E-state index in [1.54, 1.807) is 16.2 Å². The molecule has 1 saturated heterocycles. The normalized spacial score (nSPS) is 18.2. The van der Waals surface area contributed by atoms with E-state index in [1.807, 2.05) is 42.3 Å². The van der Waals surface area contributed by atoms with Crippen LogP contribution >= 0.6 is 11.3 Å². The number of allylic oxidation sites excluding steroid dienone is 2. The molecule has 1 aliphatic rings. The van der Waals surface area contributed by atoms with Gasteiger partial charge < -0.3 is 19.1 Å². The number of aromatic nitrogens is 1. The molecule has 0 radical (unpaired) electrons. The van der Waals surface area contributed by atoms with Gasteiger partial charge in [-0.2, -0.15) is 0 Å². The second-order valence-corrected chi connectivity index (χ2v) is 7.41. The third kappa shape index (κ3) is 3.54. The van der Waals surface area contributed by atoms with Gasteiger partial charge in [-0.3, -0.25) is 9.59 Å². The van der Waals surface area contributed by atoms with Crippen LogP contribution in [0.2, 0.25) is 0 Å². The Morgan fingerprint density at radius 2 is 2.19 bits per heavy atom. The molecule has 1 fully saturated rings. The molecule has 1 atom stereocenters. The fourth-order valence-corrected chi connectivity index (χ4v) is 4.33. The highest BCUT2D eigenvalue weighted by atomic mass is 32.1. The van der Waals surface area contributed by atoms with E-state index >= 15 is 0 Å². The molecule has 0 unspecified atom stereocenters. The van der Waals surface area contributed by atoms with Crippen molar-refractivity contribution in [3.63, 3.8) is 0 Å². The lowest BCUT2D eigenvalue weighted by Gasteiger charge is -2.39. The maximum atomic E-state index is 13.2. The van der Waals surface area contributed by atoms with E-state index in [9.17, 15) is 9.59 Å². The van der Waals surface area contributed by atoms with Gasteiger partial charge in [-0.1, -0.05) is 12.2 Å². The third-order valence-electron chi connectivity index (χ3n) is 4.75. The molecule has 3 heterocycles. The quantitative estimate of drug-likeness (QED) is 0.755. The van der Waals surface area contributed by atoms with Gasteiger partial charge >= 0.3 is 0 Å². The number of ether oxygens (including phenoxy) is 1. The van der Waals surface area contributed by atoms with Crippen LogP contribution in [0.15, 0.2) is 29.7 Å². The zero-order valence-electron chi connectivity index (χ0n) is 15.5. The van der Waals surface area contributed by atoms with Crippen molar-refractivity contribution in [2.75, 3.05) is 33.4 Å². The monoisotopic (exact) mass is 375 g/mol. The van der Waals surface area contributed by atoms with E-state index in [-0.39, 0.29) is 24.5 Å². The van der Waals surface area contributed by atoms with Crippen LogP contribution in [0.4, 0.5) is 0 Å². The van der Waals surface area contributed by atoms with Crippen molar-refractivity contribution in [2.24, 2.45) is 0 Å². The molecule has 3 rings (SSSR count). The lowest BCUT2D eigenvalue weighted by Crippen LogP contribution is -2.56. The lowest BCUT2D eigenvalue weighted by atomic mass is 10.1. The van der Waals surface area contributed by atoms with Gasteiger partial charge in [-0.25, -0.2) is 0 Å². The smallest absolute Gasteiger partial charge is 0.270 e. The van der Waals surface area contributed by atoms with E-state index in [0.29, 0.717) is 31.9 Å². The number of amides is 2. The Kier molecular flexibility index (Phi) is 5.78. The van der Waals surface area contributed by atoms with Gasteiger partial charge in [0.05, 0.1) is 0 Å². The molecule has 2 aromatic rings. The number of carbonyl (C=O) groups excluding carboxylic acids is 2. The van der Waals surface area contributed by atoms with Gasteiger partial charge in [0.15, 0.2) is 0 Å². The van der Waals surface area contributed by atoms with Crippen molar-refractivity contribution in [1.82, 2.24) is 14.4 Å². The molecular weight excluding hydrogens is 350 g/mol. The maximum absolute atomic E-state index is 13.2. The fraction of sp³-hybridized carbons (Fsp3) is 0.474. The summed E-state index contributed by atoms with van der Waals surface area (Å²) in [5.41, 5.74) is 0.716. The molecule has 0 N–H and O–H groups in total. The van der Waals surface area contributed by atoms with Gasteiger partial charge in [0.25, 0.3) is 5.91 Å². The average molecular weight is 375 g/mol. The Labute approximate surface area is 157 Å². The highest BCUT2D eigenvalue weighted by Gasteiger charge is 2.31. The highest BCUT2D eigenvalue weighted by Crippen LogP contribution is 2.27. The summed E-state index contributed by atoms with van der Waals surface area (Å²) in [6.07, 6.45) is 4.05. The summed E-state index contributed by atoms with van der Waals surface area (Å²) in [4.78, 5) is 30.0. The average Bonchev–Trinajstić information content (AvgIpc) is 3.20. The third-order valence-corrected chi connectivity index (χ3v) is 5.70. The molecule has 0 saturated carbocycles. The van der Waals surface area contributed by atoms with E-state index in [4.69, 9.17) is 4.74 Å². The largest absolute Gasteiger partial charge is 0.375 e. The maximum Gasteiger partial charge on any atom is 0.270 e. The number of hydrogen-bond acceptors (Lipinski definition) is 4. The predicted molar refractivity (Wildman–Crippen MR) is 104 cm³/mol. The highest BCUT2D eigenvalue weighted by molar-refractivity contribution is 7.16. The van der Waals surface area contributed by atoms with Crippen molar-refractivity contribution >= 4 is 33.4 Å². The first-order valence-corrected chi connectivity index (χ1v) is 9.70. The van der Waals surface area contributed by atoms with Gasteiger partial charge in [-0.15, -0.1) is 11.3 Å². The molecule has 0 aliphatic carbocycles. The van der Waals surface area contributed by atoms with Gasteiger partial charge in [0.2, 0.25) is 5.91 Å². The van der Waals surface area contributed by atoms with Gasteiger partial charge in [-0.05, 0) is 31.4 Å². The minimum absolute atomic E-state index is 0.0181. The van der Waals surface area contributed by atoms with Crippen LogP contribution in [0.25, 0.3) is 10.2 Å². The summed E-state index contributed by atoms with van der Waals surface area (Å²) in [5, 5.41) is 3.15. The lowest BCUT2D eigenvalue weighted by molar-refractivity contribution is -0.139. The molecule has 2 aromatic heterocycles. The Morgan fingerprint density at radius 1 is 1.38 bits per heavy atom. The number of methoxy groups -OCH3 is 1. The van der Waals surface area contributed by atoms with E-state index in [2.05, 4.69) is 10.6 Å². The predicted octanol–water partition coefficient (Wildman–Crippen LogP) is 2.60. The molecule has 0 bridgehead atoms. The Morgan fingerprint density at radius 3 is 2.88 bits per heavy atom. The zero-order valence-corrected chi connectivity index (χ0v) is 16.3. The number of fused-ring (bicyclic) bond motifs is 1. The minimum Gasteiger partial charge on any atom is -0.375 e. The second kappa shape index (κ2) is 8.05. The van der Waals surface area contributed by atoms with Gasteiger partial charge in [0.1, 0.15) is 17.1 Å². The summed E-state index contributed by atoms with van der Waals surface area (Å²) in [5.74, 6) is 0.00710. The van der Waals surface area contributed by atoms with Crippen LogP contribution in [0.1, 0.15) is 24.3 Å². The minimum atomic E-state index is -0.0240. The Balaban J connectivity index is 1.79. The number of nitrogens with zero attached hydrogens (tertiary/aromatic N) is 3. The molecule has 6 nitrogen and oxygen atoms in total. The topological polar surface area (TPSA) is 54.8 Å². The molecular formula is C19H25N3O3S. The van der Waals surface area contributed by atoms with Crippen molar-refractivity contribution in [1.29, 1.82) is 0 Å². The fourth-order valence-electron chi connectivity index (χ4n) is 3.43. The molecule has 1 aliphatic heterocycles. The van der Waals surface area contributed by atoms with E-state index in [1.165, 1.54) is 7.11 Å². The summed E-state index contributed by atoms with van der Waals surface area (Å²) >= 11 is 1.65. The molecule has 7 heteroatoms. The van der Waals surface area contributed by atoms with Crippen LogP contribution in [-0.2, 0) is 16.1 Å².